The molecular weight excluding hydrogens is 370 g/mol. The van der Waals surface area contributed by atoms with Gasteiger partial charge in [0.2, 0.25) is 0 Å². The third kappa shape index (κ3) is 5.02. The Morgan fingerprint density at radius 1 is 0.800 bits per heavy atom. The lowest BCUT2D eigenvalue weighted by molar-refractivity contribution is 0.241. The van der Waals surface area contributed by atoms with Crippen LogP contribution in [-0.4, -0.2) is 45.2 Å². The van der Waals surface area contributed by atoms with Crippen LogP contribution in [0.2, 0.25) is 0 Å². The molecule has 0 aromatic heterocycles. The number of hydrogen-bond acceptors (Lipinski definition) is 4. The molecule has 1 heterocycles. The second-order valence-electron chi connectivity index (χ2n) is 8.02. The summed E-state index contributed by atoms with van der Waals surface area (Å²) in [5.41, 5.74) is 3.80. The maximum Gasteiger partial charge on any atom is 0.127 e. The lowest BCUT2D eigenvalue weighted by Gasteiger charge is -2.32. The van der Waals surface area contributed by atoms with Crippen molar-refractivity contribution in [1.29, 1.82) is 0 Å². The van der Waals surface area contributed by atoms with E-state index < -0.39 is 0 Å². The van der Waals surface area contributed by atoms with E-state index in [-0.39, 0.29) is 6.04 Å². The lowest BCUT2D eigenvalue weighted by atomic mass is 9.96. The summed E-state index contributed by atoms with van der Waals surface area (Å²) >= 11 is 0. The van der Waals surface area contributed by atoms with Crippen LogP contribution in [0.15, 0.2) is 78.9 Å². The van der Waals surface area contributed by atoms with E-state index in [1.165, 1.54) is 16.8 Å². The molecule has 0 radical (unpaired) electrons. The molecule has 4 heteroatoms. The first kappa shape index (κ1) is 20.5. The third-order valence-corrected chi connectivity index (χ3v) is 5.62. The van der Waals surface area contributed by atoms with Crippen LogP contribution in [0, 0.1) is 0 Å². The molecule has 1 unspecified atom stereocenters. The minimum Gasteiger partial charge on any atom is -0.457 e. The number of benzene rings is 3. The average Bonchev–Trinajstić information content (AvgIpc) is 3.05. The minimum atomic E-state index is 0.209. The summed E-state index contributed by atoms with van der Waals surface area (Å²) in [6.45, 7) is 4.22. The molecule has 30 heavy (non-hydrogen) atoms. The molecule has 1 aliphatic rings. The number of nitrogens with zero attached hydrogens (tertiary/aromatic N) is 2. The predicted molar refractivity (Wildman–Crippen MR) is 125 cm³/mol. The number of nitrogens with one attached hydrogen (secondary N) is 1. The van der Waals surface area contributed by atoms with Crippen LogP contribution in [0.3, 0.4) is 0 Å². The van der Waals surface area contributed by atoms with Gasteiger partial charge in [0.15, 0.2) is 0 Å². The van der Waals surface area contributed by atoms with Crippen molar-refractivity contribution in [2.24, 2.45) is 0 Å². The Hall–Kier alpha value is -2.82. The first-order valence-electron chi connectivity index (χ1n) is 10.8. The summed E-state index contributed by atoms with van der Waals surface area (Å²) in [5, 5.41) is 3.53. The zero-order valence-corrected chi connectivity index (χ0v) is 17.9. The number of anilines is 1. The monoisotopic (exact) mass is 401 g/mol. The molecule has 1 fully saturated rings. The molecule has 156 valence electrons. The van der Waals surface area contributed by atoms with Gasteiger partial charge in [-0.25, -0.2) is 0 Å². The van der Waals surface area contributed by atoms with E-state index in [0.29, 0.717) is 0 Å². The molecule has 0 aliphatic carbocycles. The predicted octanol–water partition coefficient (Wildman–Crippen LogP) is 4.93. The highest BCUT2D eigenvalue weighted by Crippen LogP contribution is 2.33. The zero-order chi connectivity index (χ0) is 20.8. The van der Waals surface area contributed by atoms with E-state index in [1.807, 2.05) is 36.4 Å². The van der Waals surface area contributed by atoms with E-state index in [0.717, 1.165) is 44.1 Å². The van der Waals surface area contributed by atoms with Crippen LogP contribution >= 0.6 is 0 Å². The second-order valence-corrected chi connectivity index (χ2v) is 8.02. The maximum absolute atomic E-state index is 6.13. The Morgan fingerprint density at radius 3 is 2.33 bits per heavy atom. The molecule has 0 bridgehead atoms. The molecule has 1 saturated heterocycles. The van der Waals surface area contributed by atoms with Crippen LogP contribution in [0.5, 0.6) is 11.5 Å². The number of para-hydroxylation sites is 1. The molecule has 0 spiro atoms. The molecule has 3 aromatic rings. The van der Waals surface area contributed by atoms with Gasteiger partial charge >= 0.3 is 0 Å². The Morgan fingerprint density at radius 2 is 1.57 bits per heavy atom. The van der Waals surface area contributed by atoms with Crippen molar-refractivity contribution >= 4 is 5.69 Å². The van der Waals surface area contributed by atoms with Gasteiger partial charge in [-0.05, 0) is 60.5 Å². The van der Waals surface area contributed by atoms with E-state index in [4.69, 9.17) is 4.74 Å². The fourth-order valence-electron chi connectivity index (χ4n) is 4.07. The van der Waals surface area contributed by atoms with Crippen molar-refractivity contribution in [2.75, 3.05) is 45.2 Å². The fourth-order valence-corrected chi connectivity index (χ4v) is 4.07. The Labute approximate surface area is 180 Å². The lowest BCUT2D eigenvalue weighted by Crippen LogP contribution is -2.33. The van der Waals surface area contributed by atoms with E-state index in [9.17, 15) is 0 Å². The highest BCUT2D eigenvalue weighted by molar-refractivity contribution is 5.48. The van der Waals surface area contributed by atoms with Crippen molar-refractivity contribution in [3.8, 4) is 11.5 Å². The smallest absolute Gasteiger partial charge is 0.127 e. The first-order valence-corrected chi connectivity index (χ1v) is 10.8. The van der Waals surface area contributed by atoms with Gasteiger partial charge < -0.3 is 15.0 Å². The van der Waals surface area contributed by atoms with Crippen LogP contribution in [-0.2, 0) is 0 Å². The van der Waals surface area contributed by atoms with Gasteiger partial charge in [0, 0.05) is 39.4 Å². The van der Waals surface area contributed by atoms with Gasteiger partial charge in [-0.1, -0.05) is 42.5 Å². The molecule has 0 amide bonds. The van der Waals surface area contributed by atoms with Gasteiger partial charge in [-0.15, -0.1) is 0 Å². The maximum atomic E-state index is 6.13. The molecule has 1 atom stereocenters. The van der Waals surface area contributed by atoms with Crippen molar-refractivity contribution in [2.45, 2.75) is 12.5 Å². The highest BCUT2D eigenvalue weighted by Gasteiger charge is 2.23. The van der Waals surface area contributed by atoms with Crippen LogP contribution < -0.4 is 15.0 Å². The molecule has 3 aromatic carbocycles. The van der Waals surface area contributed by atoms with Crippen molar-refractivity contribution in [3.05, 3.63) is 90.0 Å². The molecular formula is C26H31N3O. The van der Waals surface area contributed by atoms with Gasteiger partial charge in [0.05, 0.1) is 6.04 Å². The standard InChI is InChI=1S/C26H31N3O/c1-28(2)23-14-12-21(13-15-23)26(29-18-7-16-27-17-19-29)22-8-6-11-25(20-22)30-24-9-4-3-5-10-24/h3-6,8-15,20,26-27H,7,16-19H2,1-2H3. The summed E-state index contributed by atoms with van der Waals surface area (Å²) < 4.78 is 6.13. The van der Waals surface area contributed by atoms with Crippen LogP contribution in [0.25, 0.3) is 0 Å². The summed E-state index contributed by atoms with van der Waals surface area (Å²) in [4.78, 5) is 4.73. The van der Waals surface area contributed by atoms with E-state index >= 15 is 0 Å². The molecule has 4 rings (SSSR count). The topological polar surface area (TPSA) is 27.7 Å². The highest BCUT2D eigenvalue weighted by atomic mass is 16.5. The fraction of sp³-hybridized carbons (Fsp3) is 0.308. The Balaban J connectivity index is 1.67. The van der Waals surface area contributed by atoms with Crippen molar-refractivity contribution < 1.29 is 4.74 Å². The normalized spacial score (nSPS) is 15.9. The second kappa shape index (κ2) is 9.79. The van der Waals surface area contributed by atoms with Gasteiger partial charge in [0.25, 0.3) is 0 Å². The SMILES string of the molecule is CN(C)c1ccc(C(c2cccc(Oc3ccccc3)c2)N2CCCNCC2)cc1. The Bertz CT molecular complexity index is 917. The van der Waals surface area contributed by atoms with Crippen molar-refractivity contribution in [3.63, 3.8) is 0 Å². The Kier molecular flexibility index (Phi) is 6.67. The summed E-state index contributed by atoms with van der Waals surface area (Å²) in [5.74, 6) is 1.74. The van der Waals surface area contributed by atoms with Crippen LogP contribution in [0.4, 0.5) is 5.69 Å². The molecule has 1 aliphatic heterocycles. The van der Waals surface area contributed by atoms with Crippen molar-refractivity contribution in [1.82, 2.24) is 10.2 Å². The largest absolute Gasteiger partial charge is 0.457 e. The number of ether oxygens (including phenoxy) is 1. The van der Waals surface area contributed by atoms with Crippen LogP contribution in [0.1, 0.15) is 23.6 Å². The first-order chi connectivity index (χ1) is 14.7. The summed E-state index contributed by atoms with van der Waals surface area (Å²) in [7, 11) is 4.16. The molecule has 1 N–H and O–H groups in total. The van der Waals surface area contributed by atoms with Gasteiger partial charge in [-0.2, -0.15) is 0 Å². The quantitative estimate of drug-likeness (QED) is 0.634. The summed E-state index contributed by atoms with van der Waals surface area (Å²) in [6.07, 6.45) is 1.16. The number of hydrogen-bond donors (Lipinski definition) is 1. The van der Waals surface area contributed by atoms with Gasteiger partial charge in [-0.3, -0.25) is 4.90 Å². The average molecular weight is 402 g/mol. The van der Waals surface area contributed by atoms with E-state index in [2.05, 4.69) is 71.7 Å². The molecule has 4 nitrogen and oxygen atoms in total. The third-order valence-electron chi connectivity index (χ3n) is 5.62. The minimum absolute atomic E-state index is 0.209. The molecule has 0 saturated carbocycles. The van der Waals surface area contributed by atoms with E-state index in [1.54, 1.807) is 0 Å². The zero-order valence-electron chi connectivity index (χ0n) is 17.9. The number of rotatable bonds is 6. The van der Waals surface area contributed by atoms with Gasteiger partial charge in [0.1, 0.15) is 11.5 Å². The summed E-state index contributed by atoms with van der Waals surface area (Å²) in [6, 6.07) is 27.7.